The van der Waals surface area contributed by atoms with Gasteiger partial charge in [0.2, 0.25) is 0 Å². The molecule has 0 amide bonds. The van der Waals surface area contributed by atoms with E-state index < -0.39 is 0 Å². The zero-order valence-corrected chi connectivity index (χ0v) is 12.9. The molecule has 2 heterocycles. The van der Waals surface area contributed by atoms with Gasteiger partial charge in [0.15, 0.2) is 0 Å². The number of aryl methyl sites for hydroxylation is 2. The summed E-state index contributed by atoms with van der Waals surface area (Å²) in [6.45, 7) is 8.19. The Labute approximate surface area is 126 Å². The average molecular weight is 284 g/mol. The summed E-state index contributed by atoms with van der Waals surface area (Å²) >= 11 is 0. The van der Waals surface area contributed by atoms with E-state index in [-0.39, 0.29) is 0 Å². The van der Waals surface area contributed by atoms with Crippen LogP contribution in [0.2, 0.25) is 0 Å². The molecule has 1 aromatic heterocycles. The molecule has 0 bridgehead atoms. The fourth-order valence-electron chi connectivity index (χ4n) is 3.21. The Morgan fingerprint density at radius 1 is 1.29 bits per heavy atom. The summed E-state index contributed by atoms with van der Waals surface area (Å²) in [5.41, 5.74) is 10.6. The van der Waals surface area contributed by atoms with E-state index in [1.165, 1.54) is 23.4 Å². The van der Waals surface area contributed by atoms with Crippen LogP contribution in [-0.4, -0.2) is 34.3 Å². The number of nitrogens with two attached hydrogens (primary N) is 1. The standard InChI is InChI=1S/C17H24N4/c1-13-9-14(2)21(19-13)17-6-4-3-5-16(17)12-20-8-7-15(10-18)11-20/h3-6,9,15H,7-8,10-12,18H2,1-2H3/t15-/m0/s1. The van der Waals surface area contributed by atoms with Crippen molar-refractivity contribution in [1.82, 2.24) is 14.7 Å². The lowest BCUT2D eigenvalue weighted by Gasteiger charge is -2.18. The third kappa shape index (κ3) is 3.01. The highest BCUT2D eigenvalue weighted by molar-refractivity contribution is 5.42. The van der Waals surface area contributed by atoms with Gasteiger partial charge in [-0.25, -0.2) is 4.68 Å². The molecule has 0 unspecified atom stereocenters. The monoisotopic (exact) mass is 284 g/mol. The Morgan fingerprint density at radius 3 is 2.76 bits per heavy atom. The molecular formula is C17H24N4. The molecule has 0 radical (unpaired) electrons. The zero-order chi connectivity index (χ0) is 14.8. The summed E-state index contributed by atoms with van der Waals surface area (Å²) < 4.78 is 2.06. The average Bonchev–Trinajstić information content (AvgIpc) is 3.06. The fourth-order valence-corrected chi connectivity index (χ4v) is 3.21. The third-order valence-corrected chi connectivity index (χ3v) is 4.33. The second kappa shape index (κ2) is 6.00. The molecule has 4 nitrogen and oxygen atoms in total. The number of hydrogen-bond donors (Lipinski definition) is 1. The van der Waals surface area contributed by atoms with E-state index in [1.54, 1.807) is 0 Å². The number of aromatic nitrogens is 2. The van der Waals surface area contributed by atoms with E-state index >= 15 is 0 Å². The summed E-state index contributed by atoms with van der Waals surface area (Å²) in [5, 5.41) is 4.62. The van der Waals surface area contributed by atoms with Gasteiger partial charge < -0.3 is 5.73 Å². The first kappa shape index (κ1) is 14.3. The van der Waals surface area contributed by atoms with Crippen molar-refractivity contribution in [1.29, 1.82) is 0 Å². The molecule has 1 aliphatic rings. The normalized spacial score (nSPS) is 19.3. The minimum Gasteiger partial charge on any atom is -0.330 e. The van der Waals surface area contributed by atoms with Gasteiger partial charge in [0.25, 0.3) is 0 Å². The second-order valence-corrected chi connectivity index (χ2v) is 6.09. The molecule has 0 spiro atoms. The summed E-state index contributed by atoms with van der Waals surface area (Å²) in [6.07, 6.45) is 1.22. The van der Waals surface area contributed by atoms with E-state index in [0.717, 1.165) is 31.9 Å². The van der Waals surface area contributed by atoms with Crippen LogP contribution in [0.15, 0.2) is 30.3 Å². The molecule has 0 saturated carbocycles. The smallest absolute Gasteiger partial charge is 0.0693 e. The van der Waals surface area contributed by atoms with Gasteiger partial charge in [-0.2, -0.15) is 5.10 Å². The van der Waals surface area contributed by atoms with Crippen LogP contribution in [0.5, 0.6) is 0 Å². The van der Waals surface area contributed by atoms with Crippen molar-refractivity contribution < 1.29 is 0 Å². The maximum Gasteiger partial charge on any atom is 0.0693 e. The molecule has 1 fully saturated rings. The van der Waals surface area contributed by atoms with E-state index in [2.05, 4.69) is 51.9 Å². The Bertz CT molecular complexity index is 617. The van der Waals surface area contributed by atoms with Gasteiger partial charge in [-0.3, -0.25) is 4.90 Å². The Kier molecular flexibility index (Phi) is 4.08. The third-order valence-electron chi connectivity index (χ3n) is 4.33. The first-order valence-corrected chi connectivity index (χ1v) is 7.71. The predicted octanol–water partition coefficient (Wildman–Crippen LogP) is 2.27. The van der Waals surface area contributed by atoms with Crippen LogP contribution in [0.1, 0.15) is 23.4 Å². The lowest BCUT2D eigenvalue weighted by atomic mass is 10.1. The number of rotatable bonds is 4. The second-order valence-electron chi connectivity index (χ2n) is 6.09. The van der Waals surface area contributed by atoms with E-state index in [9.17, 15) is 0 Å². The van der Waals surface area contributed by atoms with Crippen molar-refractivity contribution in [2.75, 3.05) is 19.6 Å². The number of nitrogens with zero attached hydrogens (tertiary/aromatic N) is 3. The van der Waals surface area contributed by atoms with Crippen LogP contribution in [0.25, 0.3) is 5.69 Å². The van der Waals surface area contributed by atoms with Gasteiger partial charge in [0.1, 0.15) is 0 Å². The van der Waals surface area contributed by atoms with Crippen LogP contribution >= 0.6 is 0 Å². The van der Waals surface area contributed by atoms with Crippen LogP contribution < -0.4 is 5.73 Å². The first-order valence-electron chi connectivity index (χ1n) is 7.71. The highest BCUT2D eigenvalue weighted by Gasteiger charge is 2.22. The van der Waals surface area contributed by atoms with Crippen molar-refractivity contribution in [3.63, 3.8) is 0 Å². The molecular weight excluding hydrogens is 260 g/mol. The van der Waals surface area contributed by atoms with Gasteiger partial charge in [0.05, 0.1) is 11.4 Å². The van der Waals surface area contributed by atoms with Crippen molar-refractivity contribution >= 4 is 0 Å². The number of likely N-dealkylation sites (tertiary alicyclic amines) is 1. The summed E-state index contributed by atoms with van der Waals surface area (Å²) in [4.78, 5) is 2.50. The van der Waals surface area contributed by atoms with Crippen LogP contribution in [-0.2, 0) is 6.54 Å². The van der Waals surface area contributed by atoms with Crippen molar-refractivity contribution in [2.24, 2.45) is 11.7 Å². The molecule has 0 aliphatic carbocycles. The minimum absolute atomic E-state index is 0.658. The molecule has 3 rings (SSSR count). The van der Waals surface area contributed by atoms with Crippen molar-refractivity contribution in [2.45, 2.75) is 26.8 Å². The Morgan fingerprint density at radius 2 is 2.10 bits per heavy atom. The minimum atomic E-state index is 0.658. The summed E-state index contributed by atoms with van der Waals surface area (Å²) in [7, 11) is 0. The molecule has 2 aromatic rings. The molecule has 1 saturated heterocycles. The van der Waals surface area contributed by atoms with Crippen molar-refractivity contribution in [3.8, 4) is 5.69 Å². The highest BCUT2D eigenvalue weighted by Crippen LogP contribution is 2.22. The maximum absolute atomic E-state index is 5.79. The van der Waals surface area contributed by atoms with E-state index in [4.69, 9.17) is 5.73 Å². The fraction of sp³-hybridized carbons (Fsp3) is 0.471. The Hall–Kier alpha value is -1.65. The van der Waals surface area contributed by atoms with Gasteiger partial charge in [0, 0.05) is 18.8 Å². The quantitative estimate of drug-likeness (QED) is 0.937. The maximum atomic E-state index is 5.79. The number of benzene rings is 1. The summed E-state index contributed by atoms with van der Waals surface area (Å²) in [5.74, 6) is 0.658. The topological polar surface area (TPSA) is 47.1 Å². The van der Waals surface area contributed by atoms with E-state index in [0.29, 0.717) is 5.92 Å². The van der Waals surface area contributed by atoms with Crippen LogP contribution in [0.4, 0.5) is 0 Å². The number of para-hydroxylation sites is 1. The molecule has 1 aromatic carbocycles. The molecule has 4 heteroatoms. The molecule has 1 aliphatic heterocycles. The first-order chi connectivity index (χ1) is 10.2. The largest absolute Gasteiger partial charge is 0.330 e. The molecule has 2 N–H and O–H groups in total. The van der Waals surface area contributed by atoms with E-state index in [1.807, 2.05) is 6.92 Å². The lowest BCUT2D eigenvalue weighted by molar-refractivity contribution is 0.317. The predicted molar refractivity (Wildman–Crippen MR) is 85.5 cm³/mol. The molecule has 21 heavy (non-hydrogen) atoms. The van der Waals surface area contributed by atoms with Crippen LogP contribution in [0, 0.1) is 19.8 Å². The Balaban J connectivity index is 1.85. The summed E-state index contributed by atoms with van der Waals surface area (Å²) in [6, 6.07) is 10.7. The zero-order valence-electron chi connectivity index (χ0n) is 12.9. The van der Waals surface area contributed by atoms with Gasteiger partial charge in [-0.05, 0) is 57.0 Å². The lowest BCUT2D eigenvalue weighted by Crippen LogP contribution is -2.23. The highest BCUT2D eigenvalue weighted by atomic mass is 15.3. The van der Waals surface area contributed by atoms with Gasteiger partial charge in [-0.1, -0.05) is 18.2 Å². The van der Waals surface area contributed by atoms with Gasteiger partial charge in [-0.15, -0.1) is 0 Å². The molecule has 112 valence electrons. The SMILES string of the molecule is Cc1cc(C)n(-c2ccccc2CN2CC[C@@H](CN)C2)n1. The van der Waals surface area contributed by atoms with Gasteiger partial charge >= 0.3 is 0 Å². The van der Waals surface area contributed by atoms with Crippen LogP contribution in [0.3, 0.4) is 0 Å². The number of hydrogen-bond acceptors (Lipinski definition) is 3. The van der Waals surface area contributed by atoms with Crippen molar-refractivity contribution in [3.05, 3.63) is 47.3 Å². The molecule has 1 atom stereocenters.